The molecule has 0 aliphatic rings. The molecule has 4 nitrogen and oxygen atoms in total. The number of benzene rings is 2. The van der Waals surface area contributed by atoms with Gasteiger partial charge in [0.25, 0.3) is 11.8 Å². The van der Waals surface area contributed by atoms with Crippen molar-refractivity contribution in [2.75, 3.05) is 6.54 Å². The molecule has 0 atom stereocenters. The van der Waals surface area contributed by atoms with Crippen LogP contribution in [0.4, 0.5) is 0 Å². The van der Waals surface area contributed by atoms with Crippen molar-refractivity contribution < 1.29 is 9.59 Å². The molecule has 2 rings (SSSR count). The molecule has 2 aromatic rings. The average Bonchev–Trinajstić information content (AvgIpc) is 2.64. The van der Waals surface area contributed by atoms with Crippen molar-refractivity contribution >= 4 is 11.8 Å². The maximum absolute atomic E-state index is 12.9. The summed E-state index contributed by atoms with van der Waals surface area (Å²) < 4.78 is 0. The summed E-state index contributed by atoms with van der Waals surface area (Å²) in [6, 6.07) is 16.9. The zero-order chi connectivity index (χ0) is 19.1. The molecule has 0 bridgehead atoms. The summed E-state index contributed by atoms with van der Waals surface area (Å²) in [6.07, 6.45) is 0. The van der Waals surface area contributed by atoms with E-state index in [1.165, 1.54) is 0 Å². The van der Waals surface area contributed by atoms with Crippen molar-refractivity contribution in [3.05, 3.63) is 71.3 Å². The summed E-state index contributed by atoms with van der Waals surface area (Å²) in [4.78, 5) is 26.9. The van der Waals surface area contributed by atoms with Crippen LogP contribution >= 0.6 is 0 Å². The third-order valence-electron chi connectivity index (χ3n) is 4.14. The van der Waals surface area contributed by atoms with Gasteiger partial charge < -0.3 is 10.2 Å². The lowest BCUT2D eigenvalue weighted by Gasteiger charge is -2.27. The molecule has 4 heteroatoms. The molecule has 0 aromatic heterocycles. The summed E-state index contributed by atoms with van der Waals surface area (Å²) in [5, 5.41) is 2.89. The maximum atomic E-state index is 12.9. The number of hydrogen-bond donors (Lipinski definition) is 1. The molecule has 0 aliphatic heterocycles. The first-order valence-electron chi connectivity index (χ1n) is 9.11. The van der Waals surface area contributed by atoms with E-state index in [-0.39, 0.29) is 17.9 Å². The predicted octanol–water partition coefficient (Wildman–Crippen LogP) is 4.12. The molecule has 0 saturated carbocycles. The normalized spacial score (nSPS) is 10.8. The van der Waals surface area contributed by atoms with E-state index in [2.05, 4.69) is 19.2 Å². The number of nitrogens with zero attached hydrogens (tertiary/aromatic N) is 1. The molecule has 0 heterocycles. The van der Waals surface area contributed by atoms with Gasteiger partial charge in [0.15, 0.2) is 0 Å². The highest BCUT2D eigenvalue weighted by molar-refractivity contribution is 5.97. The lowest BCUT2D eigenvalue weighted by Crippen LogP contribution is -2.36. The summed E-state index contributed by atoms with van der Waals surface area (Å²) in [7, 11) is 0. The number of rotatable bonds is 7. The minimum atomic E-state index is -0.109. The zero-order valence-electron chi connectivity index (χ0n) is 16.0. The molecule has 2 aromatic carbocycles. The van der Waals surface area contributed by atoms with Gasteiger partial charge in [0.1, 0.15) is 0 Å². The first-order valence-corrected chi connectivity index (χ1v) is 9.11. The molecule has 1 N–H and O–H groups in total. The number of carbonyl (C=O) groups excluding carboxylic acids is 2. The van der Waals surface area contributed by atoms with Gasteiger partial charge in [-0.3, -0.25) is 9.59 Å². The Morgan fingerprint density at radius 3 is 2.00 bits per heavy atom. The molecule has 0 spiro atoms. The Balaban J connectivity index is 2.10. The van der Waals surface area contributed by atoms with E-state index in [9.17, 15) is 9.59 Å². The van der Waals surface area contributed by atoms with Crippen LogP contribution in [0.3, 0.4) is 0 Å². The molecule has 26 heavy (non-hydrogen) atoms. The summed E-state index contributed by atoms with van der Waals surface area (Å²) in [5.74, 6) is 0.262. The SMILES string of the molecule is CC(C)CNC(=O)c1ccc(C(=O)N(Cc2ccccc2)C(C)C)cc1. The van der Waals surface area contributed by atoms with Crippen molar-refractivity contribution in [3.63, 3.8) is 0 Å². The molecular weight excluding hydrogens is 324 g/mol. The van der Waals surface area contributed by atoms with Crippen LogP contribution in [-0.4, -0.2) is 29.3 Å². The third kappa shape index (κ3) is 5.45. The van der Waals surface area contributed by atoms with Gasteiger partial charge in [0.2, 0.25) is 0 Å². The molecule has 0 unspecified atom stereocenters. The van der Waals surface area contributed by atoms with Gasteiger partial charge in [-0.1, -0.05) is 44.2 Å². The molecule has 0 saturated heterocycles. The molecule has 138 valence electrons. The fraction of sp³-hybridized carbons (Fsp3) is 0.364. The van der Waals surface area contributed by atoms with E-state index in [0.717, 1.165) is 5.56 Å². The number of hydrogen-bond acceptors (Lipinski definition) is 2. The smallest absolute Gasteiger partial charge is 0.254 e. The van der Waals surface area contributed by atoms with Crippen LogP contribution in [0.1, 0.15) is 54.0 Å². The number of carbonyl (C=O) groups is 2. The average molecular weight is 352 g/mol. The third-order valence-corrected chi connectivity index (χ3v) is 4.14. The van der Waals surface area contributed by atoms with Crippen LogP contribution in [0.2, 0.25) is 0 Å². The van der Waals surface area contributed by atoms with Crippen LogP contribution in [-0.2, 0) is 6.54 Å². The fourth-order valence-corrected chi connectivity index (χ4v) is 2.60. The van der Waals surface area contributed by atoms with Crippen LogP contribution in [0.25, 0.3) is 0 Å². The van der Waals surface area contributed by atoms with E-state index in [1.54, 1.807) is 24.3 Å². The van der Waals surface area contributed by atoms with Crippen LogP contribution in [0.15, 0.2) is 54.6 Å². The van der Waals surface area contributed by atoms with Crippen LogP contribution in [0.5, 0.6) is 0 Å². The quantitative estimate of drug-likeness (QED) is 0.815. The highest BCUT2D eigenvalue weighted by atomic mass is 16.2. The molecular formula is C22H28N2O2. The Morgan fingerprint density at radius 1 is 0.885 bits per heavy atom. The van der Waals surface area contributed by atoms with E-state index in [0.29, 0.717) is 30.1 Å². The van der Waals surface area contributed by atoms with Crippen LogP contribution in [0, 0.1) is 5.92 Å². The van der Waals surface area contributed by atoms with E-state index >= 15 is 0 Å². The highest BCUT2D eigenvalue weighted by Gasteiger charge is 2.19. The van der Waals surface area contributed by atoms with Crippen molar-refractivity contribution in [1.29, 1.82) is 0 Å². The van der Waals surface area contributed by atoms with Crippen LogP contribution < -0.4 is 5.32 Å². The van der Waals surface area contributed by atoms with Gasteiger partial charge in [0.05, 0.1) is 0 Å². The second-order valence-corrected chi connectivity index (χ2v) is 7.19. The monoisotopic (exact) mass is 352 g/mol. The molecule has 0 radical (unpaired) electrons. The zero-order valence-corrected chi connectivity index (χ0v) is 16.0. The van der Waals surface area contributed by atoms with E-state index in [1.807, 2.05) is 49.1 Å². The number of nitrogens with one attached hydrogen (secondary N) is 1. The van der Waals surface area contributed by atoms with Gasteiger partial charge in [0, 0.05) is 30.3 Å². The first kappa shape index (κ1) is 19.7. The Hall–Kier alpha value is -2.62. The predicted molar refractivity (Wildman–Crippen MR) is 105 cm³/mol. The summed E-state index contributed by atoms with van der Waals surface area (Å²) >= 11 is 0. The van der Waals surface area contributed by atoms with Gasteiger partial charge in [-0.15, -0.1) is 0 Å². The largest absolute Gasteiger partial charge is 0.352 e. The summed E-state index contributed by atoms with van der Waals surface area (Å²) in [6.45, 7) is 9.32. The molecule has 0 fully saturated rings. The number of amides is 2. The van der Waals surface area contributed by atoms with Crippen molar-refractivity contribution in [1.82, 2.24) is 10.2 Å². The maximum Gasteiger partial charge on any atom is 0.254 e. The van der Waals surface area contributed by atoms with Crippen molar-refractivity contribution in [2.45, 2.75) is 40.3 Å². The second-order valence-electron chi connectivity index (χ2n) is 7.19. The lowest BCUT2D eigenvalue weighted by atomic mass is 10.1. The highest BCUT2D eigenvalue weighted by Crippen LogP contribution is 2.14. The van der Waals surface area contributed by atoms with Gasteiger partial charge in [-0.05, 0) is 49.6 Å². The van der Waals surface area contributed by atoms with E-state index < -0.39 is 0 Å². The standard InChI is InChI=1S/C22H28N2O2/c1-16(2)14-23-21(25)19-10-12-20(13-11-19)22(26)24(17(3)4)15-18-8-6-5-7-9-18/h5-13,16-17H,14-15H2,1-4H3,(H,23,25). The van der Waals surface area contributed by atoms with Gasteiger partial charge in [-0.25, -0.2) is 0 Å². The van der Waals surface area contributed by atoms with Gasteiger partial charge in [-0.2, -0.15) is 0 Å². The molecule has 2 amide bonds. The molecule has 0 aliphatic carbocycles. The Morgan fingerprint density at radius 2 is 1.46 bits per heavy atom. The Bertz CT molecular complexity index is 722. The second kappa shape index (κ2) is 9.18. The van der Waals surface area contributed by atoms with E-state index in [4.69, 9.17) is 0 Å². The Labute approximate surface area is 156 Å². The minimum Gasteiger partial charge on any atom is -0.352 e. The topological polar surface area (TPSA) is 49.4 Å². The minimum absolute atomic E-state index is 0.0296. The van der Waals surface area contributed by atoms with Crippen molar-refractivity contribution in [2.24, 2.45) is 5.92 Å². The Kier molecular flexibility index (Phi) is 6.96. The van der Waals surface area contributed by atoms with Crippen molar-refractivity contribution in [3.8, 4) is 0 Å². The summed E-state index contributed by atoms with van der Waals surface area (Å²) in [5.41, 5.74) is 2.26. The lowest BCUT2D eigenvalue weighted by molar-refractivity contribution is 0.0690. The fourth-order valence-electron chi connectivity index (χ4n) is 2.60. The van der Waals surface area contributed by atoms with Gasteiger partial charge >= 0.3 is 0 Å². The first-order chi connectivity index (χ1) is 12.4.